The van der Waals surface area contributed by atoms with E-state index in [0.29, 0.717) is 0 Å². The summed E-state index contributed by atoms with van der Waals surface area (Å²) in [6, 6.07) is 12.5. The van der Waals surface area contributed by atoms with Crippen molar-refractivity contribution in [3.05, 3.63) is 59.9 Å². The number of pyridine rings is 1. The van der Waals surface area contributed by atoms with Gasteiger partial charge in [0.15, 0.2) is 0 Å². The first-order valence-electron chi connectivity index (χ1n) is 7.61. The lowest BCUT2D eigenvalue weighted by molar-refractivity contribution is 0.238. The summed E-state index contributed by atoms with van der Waals surface area (Å²) < 4.78 is 5.97. The van der Waals surface area contributed by atoms with Crippen LogP contribution >= 0.6 is 0 Å². The first kappa shape index (κ1) is 15.5. The second-order valence-corrected chi connectivity index (χ2v) is 5.37. The summed E-state index contributed by atoms with van der Waals surface area (Å²) in [4.78, 5) is 4.11. The number of nitrogens with one attached hydrogen (secondary N) is 1. The zero-order chi connectivity index (χ0) is 15.1. The lowest BCUT2D eigenvalue weighted by atomic mass is 9.98. The first-order valence-corrected chi connectivity index (χ1v) is 7.61. The standard InChI is InChI=1S/C18H24N2O/c1-4-11-20-18(15-9-12-19-13-10-15)16-7-5-6-8-17(16)21-14(2)3/h5-10,12-14,18,20H,4,11H2,1-3H3. The number of benzene rings is 1. The van der Waals surface area contributed by atoms with Crippen LogP contribution in [0.1, 0.15) is 44.4 Å². The molecule has 1 N–H and O–H groups in total. The van der Waals surface area contributed by atoms with Crippen LogP contribution in [0.3, 0.4) is 0 Å². The van der Waals surface area contributed by atoms with E-state index in [1.165, 1.54) is 11.1 Å². The van der Waals surface area contributed by atoms with Gasteiger partial charge >= 0.3 is 0 Å². The van der Waals surface area contributed by atoms with Crippen LogP contribution in [-0.2, 0) is 0 Å². The normalized spacial score (nSPS) is 12.4. The predicted molar refractivity (Wildman–Crippen MR) is 86.6 cm³/mol. The Morgan fingerprint density at radius 1 is 1.10 bits per heavy atom. The number of hydrogen-bond donors (Lipinski definition) is 1. The maximum atomic E-state index is 5.97. The van der Waals surface area contributed by atoms with Crippen molar-refractivity contribution < 1.29 is 4.74 Å². The monoisotopic (exact) mass is 284 g/mol. The molecule has 0 saturated heterocycles. The van der Waals surface area contributed by atoms with Crippen molar-refractivity contribution in [3.63, 3.8) is 0 Å². The highest BCUT2D eigenvalue weighted by molar-refractivity contribution is 5.41. The van der Waals surface area contributed by atoms with Crippen LogP contribution in [0, 0.1) is 0 Å². The molecule has 112 valence electrons. The Morgan fingerprint density at radius 2 is 1.81 bits per heavy atom. The van der Waals surface area contributed by atoms with Crippen molar-refractivity contribution in [2.24, 2.45) is 0 Å². The van der Waals surface area contributed by atoms with Gasteiger partial charge in [0.1, 0.15) is 5.75 Å². The molecule has 3 heteroatoms. The van der Waals surface area contributed by atoms with Gasteiger partial charge in [-0.15, -0.1) is 0 Å². The summed E-state index contributed by atoms with van der Waals surface area (Å²) in [5, 5.41) is 3.61. The van der Waals surface area contributed by atoms with E-state index < -0.39 is 0 Å². The Bertz CT molecular complexity index is 540. The van der Waals surface area contributed by atoms with E-state index in [0.717, 1.165) is 18.7 Å². The van der Waals surface area contributed by atoms with Gasteiger partial charge in [-0.25, -0.2) is 0 Å². The topological polar surface area (TPSA) is 34.2 Å². The van der Waals surface area contributed by atoms with E-state index in [9.17, 15) is 0 Å². The van der Waals surface area contributed by atoms with Crippen LogP contribution in [0.2, 0.25) is 0 Å². The molecule has 3 nitrogen and oxygen atoms in total. The molecule has 1 heterocycles. The SMILES string of the molecule is CCCNC(c1ccncc1)c1ccccc1OC(C)C. The fourth-order valence-electron chi connectivity index (χ4n) is 2.33. The summed E-state index contributed by atoms with van der Waals surface area (Å²) in [6.07, 6.45) is 4.92. The largest absolute Gasteiger partial charge is 0.491 e. The molecule has 0 fully saturated rings. The van der Waals surface area contributed by atoms with Crippen LogP contribution in [0.4, 0.5) is 0 Å². The Kier molecular flexibility index (Phi) is 5.76. The molecule has 21 heavy (non-hydrogen) atoms. The van der Waals surface area contributed by atoms with E-state index in [4.69, 9.17) is 4.74 Å². The van der Waals surface area contributed by atoms with Crippen molar-refractivity contribution in [2.75, 3.05) is 6.54 Å². The number of nitrogens with zero attached hydrogens (tertiary/aromatic N) is 1. The van der Waals surface area contributed by atoms with Crippen molar-refractivity contribution in [3.8, 4) is 5.75 Å². The molecule has 1 aromatic carbocycles. The van der Waals surface area contributed by atoms with Gasteiger partial charge in [-0.05, 0) is 50.6 Å². The molecule has 0 bridgehead atoms. The molecule has 2 rings (SSSR count). The minimum atomic E-state index is 0.128. The van der Waals surface area contributed by atoms with Crippen LogP contribution < -0.4 is 10.1 Å². The van der Waals surface area contributed by atoms with Crippen molar-refractivity contribution in [1.29, 1.82) is 0 Å². The minimum absolute atomic E-state index is 0.128. The van der Waals surface area contributed by atoms with E-state index >= 15 is 0 Å². The third-order valence-electron chi connectivity index (χ3n) is 3.23. The first-order chi connectivity index (χ1) is 10.2. The third kappa shape index (κ3) is 4.30. The quantitative estimate of drug-likeness (QED) is 0.835. The fourth-order valence-corrected chi connectivity index (χ4v) is 2.33. The summed E-state index contributed by atoms with van der Waals surface area (Å²) in [6.45, 7) is 7.24. The number of rotatable bonds is 7. The van der Waals surface area contributed by atoms with E-state index in [1.807, 2.05) is 24.5 Å². The second kappa shape index (κ2) is 7.79. The highest BCUT2D eigenvalue weighted by Gasteiger charge is 2.17. The van der Waals surface area contributed by atoms with Gasteiger partial charge in [0.25, 0.3) is 0 Å². The molecule has 0 spiro atoms. The molecule has 2 aromatic rings. The number of aromatic nitrogens is 1. The number of hydrogen-bond acceptors (Lipinski definition) is 3. The van der Waals surface area contributed by atoms with Crippen LogP contribution in [0.25, 0.3) is 0 Å². The Morgan fingerprint density at radius 3 is 2.48 bits per heavy atom. The second-order valence-electron chi connectivity index (χ2n) is 5.37. The van der Waals surface area contributed by atoms with Crippen LogP contribution in [0.5, 0.6) is 5.75 Å². The predicted octanol–water partition coefficient (Wildman–Crippen LogP) is 3.96. The molecule has 0 saturated carbocycles. The summed E-state index contributed by atoms with van der Waals surface area (Å²) in [5.74, 6) is 0.943. The maximum Gasteiger partial charge on any atom is 0.124 e. The van der Waals surface area contributed by atoms with E-state index in [-0.39, 0.29) is 12.1 Å². The fraction of sp³-hybridized carbons (Fsp3) is 0.389. The molecule has 0 aliphatic rings. The highest BCUT2D eigenvalue weighted by atomic mass is 16.5. The van der Waals surface area contributed by atoms with Crippen molar-refractivity contribution in [1.82, 2.24) is 10.3 Å². The highest BCUT2D eigenvalue weighted by Crippen LogP contribution is 2.30. The van der Waals surface area contributed by atoms with E-state index in [1.54, 1.807) is 0 Å². The van der Waals surface area contributed by atoms with Crippen LogP contribution in [-0.4, -0.2) is 17.6 Å². The molecule has 0 aliphatic heterocycles. The molecule has 1 atom stereocenters. The molecular formula is C18H24N2O. The molecule has 1 aromatic heterocycles. The van der Waals surface area contributed by atoms with Gasteiger partial charge in [-0.2, -0.15) is 0 Å². The molecule has 0 amide bonds. The average Bonchev–Trinajstić information content (AvgIpc) is 2.50. The Labute approximate surface area is 127 Å². The summed E-state index contributed by atoms with van der Waals surface area (Å²) >= 11 is 0. The zero-order valence-corrected chi connectivity index (χ0v) is 13.0. The van der Waals surface area contributed by atoms with Crippen molar-refractivity contribution in [2.45, 2.75) is 39.3 Å². The lowest BCUT2D eigenvalue weighted by Gasteiger charge is -2.23. The van der Waals surface area contributed by atoms with Crippen molar-refractivity contribution >= 4 is 0 Å². The molecular weight excluding hydrogens is 260 g/mol. The van der Waals surface area contributed by atoms with Gasteiger partial charge in [-0.1, -0.05) is 25.1 Å². The van der Waals surface area contributed by atoms with E-state index in [2.05, 4.69) is 55.3 Å². The Balaban J connectivity index is 2.37. The Hall–Kier alpha value is -1.87. The van der Waals surface area contributed by atoms with Gasteiger partial charge in [0.05, 0.1) is 12.1 Å². The van der Waals surface area contributed by atoms with Crippen LogP contribution in [0.15, 0.2) is 48.8 Å². The van der Waals surface area contributed by atoms with Gasteiger partial charge in [0, 0.05) is 18.0 Å². The maximum absolute atomic E-state index is 5.97. The number of ether oxygens (including phenoxy) is 1. The molecule has 1 unspecified atom stereocenters. The number of para-hydroxylation sites is 1. The minimum Gasteiger partial charge on any atom is -0.491 e. The molecule has 0 aliphatic carbocycles. The zero-order valence-electron chi connectivity index (χ0n) is 13.0. The average molecular weight is 284 g/mol. The summed E-state index contributed by atoms with van der Waals surface area (Å²) in [5.41, 5.74) is 2.38. The van der Waals surface area contributed by atoms with Gasteiger partial charge < -0.3 is 10.1 Å². The van der Waals surface area contributed by atoms with Gasteiger partial charge in [0.2, 0.25) is 0 Å². The summed E-state index contributed by atoms with van der Waals surface area (Å²) in [7, 11) is 0. The lowest BCUT2D eigenvalue weighted by Crippen LogP contribution is -2.24. The smallest absolute Gasteiger partial charge is 0.124 e. The third-order valence-corrected chi connectivity index (χ3v) is 3.23. The molecule has 0 radical (unpaired) electrons. The van der Waals surface area contributed by atoms with Gasteiger partial charge in [-0.3, -0.25) is 4.98 Å².